The Bertz CT molecular complexity index is 1090. The van der Waals surface area contributed by atoms with Gasteiger partial charge in [-0.05, 0) is 23.9 Å². The molecule has 0 saturated carbocycles. The molecule has 154 valence electrons. The molecule has 0 radical (unpaired) electrons. The highest BCUT2D eigenvalue weighted by molar-refractivity contribution is 7.10. The zero-order valence-electron chi connectivity index (χ0n) is 16.6. The maximum absolute atomic E-state index is 12.9. The van der Waals surface area contributed by atoms with Gasteiger partial charge >= 0.3 is 0 Å². The maximum atomic E-state index is 12.9. The van der Waals surface area contributed by atoms with E-state index in [1.54, 1.807) is 4.57 Å². The van der Waals surface area contributed by atoms with Crippen LogP contribution in [0.3, 0.4) is 0 Å². The minimum Gasteiger partial charge on any atom is -0.348 e. The Labute approximate surface area is 178 Å². The van der Waals surface area contributed by atoms with Crippen molar-refractivity contribution < 1.29 is 9.59 Å². The molecule has 3 aromatic rings. The quantitative estimate of drug-likeness (QED) is 0.547. The second-order valence-corrected chi connectivity index (χ2v) is 7.76. The van der Waals surface area contributed by atoms with E-state index in [2.05, 4.69) is 17.2 Å². The molecular formula is C23H23N3O3S. The highest BCUT2D eigenvalue weighted by Gasteiger charge is 2.21. The van der Waals surface area contributed by atoms with Gasteiger partial charge in [0.1, 0.15) is 11.1 Å². The molecule has 0 bridgehead atoms. The van der Waals surface area contributed by atoms with Crippen molar-refractivity contribution in [2.24, 2.45) is 0 Å². The summed E-state index contributed by atoms with van der Waals surface area (Å²) in [4.78, 5) is 39.3. The highest BCUT2D eigenvalue weighted by atomic mass is 32.1. The van der Waals surface area contributed by atoms with E-state index in [1.807, 2.05) is 54.8 Å². The first-order chi connectivity index (χ1) is 14.5. The molecule has 2 aromatic heterocycles. The lowest BCUT2D eigenvalue weighted by atomic mass is 10.1. The number of carbonyl (C=O) groups excluding carboxylic acids is 2. The second kappa shape index (κ2) is 9.84. The summed E-state index contributed by atoms with van der Waals surface area (Å²) < 4.78 is 1.68. The third-order valence-electron chi connectivity index (χ3n) is 4.50. The molecule has 6 nitrogen and oxygen atoms in total. The van der Waals surface area contributed by atoms with E-state index in [-0.39, 0.29) is 23.7 Å². The van der Waals surface area contributed by atoms with Crippen LogP contribution in [0.5, 0.6) is 0 Å². The van der Waals surface area contributed by atoms with Gasteiger partial charge in [0.2, 0.25) is 5.43 Å². The van der Waals surface area contributed by atoms with E-state index in [0.29, 0.717) is 6.54 Å². The number of carbonyl (C=O) groups is 2. The van der Waals surface area contributed by atoms with Gasteiger partial charge in [0.25, 0.3) is 11.8 Å². The molecule has 0 spiro atoms. The SMILES string of the molecule is C=CCNC(=O)c1cn(Cc2ccccc2)cc(C(=O)NC(C)c2cccs2)c1=O. The van der Waals surface area contributed by atoms with E-state index >= 15 is 0 Å². The summed E-state index contributed by atoms with van der Waals surface area (Å²) in [5, 5.41) is 7.39. The van der Waals surface area contributed by atoms with Crippen molar-refractivity contribution in [1.82, 2.24) is 15.2 Å². The first kappa shape index (κ1) is 21.3. The highest BCUT2D eigenvalue weighted by Crippen LogP contribution is 2.18. The van der Waals surface area contributed by atoms with Crippen LogP contribution in [-0.4, -0.2) is 22.9 Å². The lowest BCUT2D eigenvalue weighted by Gasteiger charge is -2.15. The molecule has 30 heavy (non-hydrogen) atoms. The van der Waals surface area contributed by atoms with Gasteiger partial charge in [-0.1, -0.05) is 42.5 Å². The molecule has 0 aliphatic rings. The Kier molecular flexibility index (Phi) is 6.98. The molecule has 0 saturated heterocycles. The van der Waals surface area contributed by atoms with Crippen molar-refractivity contribution >= 4 is 23.2 Å². The van der Waals surface area contributed by atoms with Gasteiger partial charge in [-0.15, -0.1) is 17.9 Å². The van der Waals surface area contributed by atoms with E-state index in [1.165, 1.54) is 29.8 Å². The topological polar surface area (TPSA) is 80.2 Å². The molecule has 3 rings (SSSR count). The van der Waals surface area contributed by atoms with Gasteiger partial charge < -0.3 is 15.2 Å². The third-order valence-corrected chi connectivity index (χ3v) is 5.56. The van der Waals surface area contributed by atoms with Crippen molar-refractivity contribution in [3.8, 4) is 0 Å². The molecule has 7 heteroatoms. The molecule has 2 N–H and O–H groups in total. The number of thiophene rings is 1. The van der Waals surface area contributed by atoms with Gasteiger partial charge in [-0.3, -0.25) is 14.4 Å². The first-order valence-electron chi connectivity index (χ1n) is 9.51. The summed E-state index contributed by atoms with van der Waals surface area (Å²) in [6.07, 6.45) is 4.50. The maximum Gasteiger partial charge on any atom is 0.257 e. The van der Waals surface area contributed by atoms with Crippen LogP contribution in [0.1, 0.15) is 44.1 Å². The Morgan fingerprint density at radius 3 is 2.43 bits per heavy atom. The Morgan fingerprint density at radius 2 is 1.80 bits per heavy atom. The summed E-state index contributed by atoms with van der Waals surface area (Å²) in [5.41, 5.74) is 0.235. The number of amides is 2. The largest absolute Gasteiger partial charge is 0.348 e. The minimum absolute atomic E-state index is 0.0689. The first-order valence-corrected chi connectivity index (χ1v) is 10.4. The van der Waals surface area contributed by atoms with Crippen LogP contribution >= 0.6 is 11.3 Å². The molecule has 1 atom stereocenters. The van der Waals surface area contributed by atoms with Gasteiger partial charge in [0, 0.05) is 30.4 Å². The fraction of sp³-hybridized carbons (Fsp3) is 0.174. The summed E-state index contributed by atoms with van der Waals surface area (Å²) >= 11 is 1.52. The van der Waals surface area contributed by atoms with Crippen LogP contribution in [0.2, 0.25) is 0 Å². The van der Waals surface area contributed by atoms with Crippen molar-refractivity contribution in [1.29, 1.82) is 0 Å². The second-order valence-electron chi connectivity index (χ2n) is 6.78. The zero-order chi connectivity index (χ0) is 21.5. The molecule has 1 aromatic carbocycles. The number of pyridine rings is 1. The molecule has 0 fully saturated rings. The third kappa shape index (κ3) is 5.12. The molecular weight excluding hydrogens is 398 g/mol. The summed E-state index contributed by atoms with van der Waals surface area (Å²) in [7, 11) is 0. The zero-order valence-corrected chi connectivity index (χ0v) is 17.4. The smallest absolute Gasteiger partial charge is 0.257 e. The molecule has 1 unspecified atom stereocenters. The van der Waals surface area contributed by atoms with Crippen molar-refractivity contribution in [3.05, 3.63) is 105 Å². The van der Waals surface area contributed by atoms with E-state index in [4.69, 9.17) is 0 Å². The van der Waals surface area contributed by atoms with Crippen LogP contribution in [0, 0.1) is 0 Å². The van der Waals surface area contributed by atoms with Crippen LogP contribution < -0.4 is 16.1 Å². The van der Waals surface area contributed by atoms with Crippen molar-refractivity contribution in [3.63, 3.8) is 0 Å². The molecule has 2 heterocycles. The Balaban J connectivity index is 1.96. The fourth-order valence-corrected chi connectivity index (χ4v) is 3.72. The number of nitrogens with one attached hydrogen (secondary N) is 2. The van der Waals surface area contributed by atoms with Crippen LogP contribution in [0.15, 0.2) is 77.7 Å². The monoisotopic (exact) mass is 421 g/mol. The Morgan fingerprint density at radius 1 is 1.10 bits per heavy atom. The summed E-state index contributed by atoms with van der Waals surface area (Å²) in [6, 6.07) is 13.2. The normalized spacial score (nSPS) is 11.5. The molecule has 0 aliphatic heterocycles. The molecule has 0 aliphatic carbocycles. The van der Waals surface area contributed by atoms with Gasteiger partial charge in [0.05, 0.1) is 6.04 Å². The summed E-state index contributed by atoms with van der Waals surface area (Å²) in [6.45, 7) is 6.06. The van der Waals surface area contributed by atoms with Crippen molar-refractivity contribution in [2.45, 2.75) is 19.5 Å². The number of hydrogen-bond acceptors (Lipinski definition) is 4. The number of hydrogen-bond donors (Lipinski definition) is 2. The number of benzene rings is 1. The fourth-order valence-electron chi connectivity index (χ4n) is 2.98. The van der Waals surface area contributed by atoms with E-state index < -0.39 is 17.2 Å². The average Bonchev–Trinajstić information content (AvgIpc) is 3.29. The minimum atomic E-state index is -0.600. The van der Waals surface area contributed by atoms with E-state index in [9.17, 15) is 14.4 Å². The van der Waals surface area contributed by atoms with Gasteiger partial charge in [-0.25, -0.2) is 0 Å². The predicted octanol–water partition coefficient (Wildman–Crippen LogP) is 3.36. The number of nitrogens with zero attached hydrogens (tertiary/aromatic N) is 1. The molecule has 2 amide bonds. The van der Waals surface area contributed by atoms with Gasteiger partial charge in [0.15, 0.2) is 0 Å². The lowest BCUT2D eigenvalue weighted by molar-refractivity contribution is 0.0938. The lowest BCUT2D eigenvalue weighted by Crippen LogP contribution is -2.36. The van der Waals surface area contributed by atoms with Crippen molar-refractivity contribution in [2.75, 3.05) is 6.54 Å². The predicted molar refractivity (Wildman–Crippen MR) is 119 cm³/mol. The van der Waals surface area contributed by atoms with E-state index in [0.717, 1.165) is 10.4 Å². The Hall–Kier alpha value is -3.45. The number of rotatable bonds is 8. The van der Waals surface area contributed by atoms with Gasteiger partial charge in [-0.2, -0.15) is 0 Å². The standard InChI is InChI=1S/C23H23N3O3S/c1-3-11-24-22(28)18-14-26(13-17-8-5-4-6-9-17)15-19(21(18)27)23(29)25-16(2)20-10-7-12-30-20/h3-10,12,14-16H,1,11,13H2,2H3,(H,24,28)(H,25,29). The average molecular weight is 422 g/mol. The summed E-state index contributed by atoms with van der Waals surface area (Å²) in [5.74, 6) is -1.05. The number of aromatic nitrogens is 1. The van der Waals surface area contributed by atoms with Crippen LogP contribution in [-0.2, 0) is 6.54 Å². The van der Waals surface area contributed by atoms with Crippen LogP contribution in [0.25, 0.3) is 0 Å². The van der Waals surface area contributed by atoms with Crippen LogP contribution in [0.4, 0.5) is 0 Å².